The first-order valence-electron chi connectivity index (χ1n) is 7.46. The number of pyridine rings is 1. The maximum atomic E-state index is 12.6. The quantitative estimate of drug-likeness (QED) is 0.855. The summed E-state index contributed by atoms with van der Waals surface area (Å²) in [5.74, 6) is 0.757. The molecular weight excluding hydrogens is 278 g/mol. The average molecular weight is 297 g/mol. The Hall–Kier alpha value is -2.56. The van der Waals surface area contributed by atoms with Crippen molar-refractivity contribution >= 4 is 17.4 Å². The predicted molar refractivity (Wildman–Crippen MR) is 86.5 cm³/mol. The Labute approximate surface area is 129 Å². The molecule has 5 heteroatoms. The number of phenolic OH excluding ortho intramolecular Hbond substituents is 1. The average Bonchev–Trinajstić information content (AvgIpc) is 3.04. The van der Waals surface area contributed by atoms with Crippen LogP contribution in [0, 0.1) is 6.92 Å². The second-order valence-corrected chi connectivity index (χ2v) is 5.52. The molecule has 5 nitrogen and oxygen atoms in total. The Balaban J connectivity index is 1.86. The van der Waals surface area contributed by atoms with Gasteiger partial charge in [-0.2, -0.15) is 0 Å². The van der Waals surface area contributed by atoms with Crippen molar-refractivity contribution in [3.63, 3.8) is 0 Å². The lowest BCUT2D eigenvalue weighted by atomic mass is 10.1. The number of aromatic hydroxyl groups is 1. The van der Waals surface area contributed by atoms with Crippen LogP contribution in [0.1, 0.15) is 28.8 Å². The molecule has 1 amide bonds. The Kier molecular flexibility index (Phi) is 3.96. The molecule has 2 heterocycles. The summed E-state index contributed by atoms with van der Waals surface area (Å²) in [6.07, 6.45) is 3.99. The van der Waals surface area contributed by atoms with Gasteiger partial charge in [-0.05, 0) is 55.7 Å². The standard InChI is InChI=1S/C17H19N3O2/c1-12-11-13(21)6-7-15(12)19-17(22)14-5-4-8-18-16(14)20-9-2-3-10-20/h4-8,11,21H,2-3,9-10H2,1H3,(H,19,22). The summed E-state index contributed by atoms with van der Waals surface area (Å²) < 4.78 is 0. The maximum absolute atomic E-state index is 12.6. The van der Waals surface area contributed by atoms with Gasteiger partial charge < -0.3 is 15.3 Å². The maximum Gasteiger partial charge on any atom is 0.259 e. The minimum Gasteiger partial charge on any atom is -0.508 e. The second-order valence-electron chi connectivity index (χ2n) is 5.52. The lowest BCUT2D eigenvalue weighted by molar-refractivity contribution is 0.102. The highest BCUT2D eigenvalue weighted by Gasteiger charge is 2.20. The van der Waals surface area contributed by atoms with Crippen LogP contribution in [0.15, 0.2) is 36.5 Å². The van der Waals surface area contributed by atoms with Crippen molar-refractivity contribution in [2.45, 2.75) is 19.8 Å². The third-order valence-corrected chi connectivity index (χ3v) is 3.90. The molecule has 1 saturated heterocycles. The zero-order valence-corrected chi connectivity index (χ0v) is 12.5. The molecule has 1 aromatic carbocycles. The fraction of sp³-hybridized carbons (Fsp3) is 0.294. The number of hydrogen-bond donors (Lipinski definition) is 2. The van der Waals surface area contributed by atoms with Crippen molar-refractivity contribution in [1.29, 1.82) is 0 Å². The van der Waals surface area contributed by atoms with E-state index in [1.54, 1.807) is 36.5 Å². The van der Waals surface area contributed by atoms with Gasteiger partial charge in [-0.1, -0.05) is 0 Å². The van der Waals surface area contributed by atoms with Crippen molar-refractivity contribution in [3.8, 4) is 5.75 Å². The number of aromatic nitrogens is 1. The summed E-state index contributed by atoms with van der Waals surface area (Å²) in [7, 11) is 0. The highest BCUT2D eigenvalue weighted by Crippen LogP contribution is 2.25. The molecule has 1 fully saturated rings. The smallest absolute Gasteiger partial charge is 0.259 e. The summed E-state index contributed by atoms with van der Waals surface area (Å²) in [5.41, 5.74) is 2.09. The molecule has 114 valence electrons. The number of aryl methyl sites for hydroxylation is 1. The molecule has 0 atom stereocenters. The van der Waals surface area contributed by atoms with E-state index in [0.717, 1.165) is 37.3 Å². The first-order valence-corrected chi connectivity index (χ1v) is 7.46. The molecule has 2 N–H and O–H groups in total. The van der Waals surface area contributed by atoms with Gasteiger partial charge in [-0.25, -0.2) is 4.98 Å². The molecular formula is C17H19N3O2. The molecule has 1 aliphatic heterocycles. The van der Waals surface area contributed by atoms with Gasteiger partial charge in [0.15, 0.2) is 0 Å². The molecule has 1 aliphatic rings. The minimum absolute atomic E-state index is 0.177. The van der Waals surface area contributed by atoms with Gasteiger partial charge in [-0.15, -0.1) is 0 Å². The van der Waals surface area contributed by atoms with Crippen molar-refractivity contribution in [1.82, 2.24) is 4.98 Å². The van der Waals surface area contributed by atoms with Crippen LogP contribution in [0.2, 0.25) is 0 Å². The number of carbonyl (C=O) groups is 1. The van der Waals surface area contributed by atoms with Crippen molar-refractivity contribution in [2.24, 2.45) is 0 Å². The van der Waals surface area contributed by atoms with Gasteiger partial charge in [-0.3, -0.25) is 4.79 Å². The van der Waals surface area contributed by atoms with E-state index in [2.05, 4.69) is 15.2 Å². The predicted octanol–water partition coefficient (Wildman–Crippen LogP) is 2.95. The van der Waals surface area contributed by atoms with Crippen LogP contribution < -0.4 is 10.2 Å². The molecule has 0 radical (unpaired) electrons. The number of amides is 1. The summed E-state index contributed by atoms with van der Waals surface area (Å²) >= 11 is 0. The summed E-state index contributed by atoms with van der Waals surface area (Å²) in [6, 6.07) is 8.46. The number of nitrogens with zero attached hydrogens (tertiary/aromatic N) is 2. The number of nitrogens with one attached hydrogen (secondary N) is 1. The van der Waals surface area contributed by atoms with Gasteiger partial charge in [0, 0.05) is 25.0 Å². The number of carbonyl (C=O) groups excluding carboxylic acids is 1. The Bertz CT molecular complexity index is 694. The van der Waals surface area contributed by atoms with Gasteiger partial charge in [0.05, 0.1) is 5.56 Å². The normalized spacial score (nSPS) is 14.1. The first kappa shape index (κ1) is 14.4. The largest absolute Gasteiger partial charge is 0.508 e. The van der Waals surface area contributed by atoms with E-state index in [1.165, 1.54) is 0 Å². The van der Waals surface area contributed by atoms with E-state index in [0.29, 0.717) is 11.3 Å². The highest BCUT2D eigenvalue weighted by molar-refractivity contribution is 6.07. The molecule has 3 rings (SSSR count). The Morgan fingerprint density at radius 2 is 2.05 bits per heavy atom. The minimum atomic E-state index is -0.177. The molecule has 0 aliphatic carbocycles. The number of hydrogen-bond acceptors (Lipinski definition) is 4. The fourth-order valence-electron chi connectivity index (χ4n) is 2.73. The van der Waals surface area contributed by atoms with E-state index in [1.807, 2.05) is 6.92 Å². The van der Waals surface area contributed by atoms with Crippen LogP contribution in [0.4, 0.5) is 11.5 Å². The lowest BCUT2D eigenvalue weighted by Gasteiger charge is -2.19. The van der Waals surface area contributed by atoms with Gasteiger partial charge in [0.1, 0.15) is 11.6 Å². The van der Waals surface area contributed by atoms with Gasteiger partial charge >= 0.3 is 0 Å². The topological polar surface area (TPSA) is 65.5 Å². The molecule has 0 unspecified atom stereocenters. The Morgan fingerprint density at radius 1 is 1.27 bits per heavy atom. The molecule has 0 saturated carbocycles. The molecule has 0 bridgehead atoms. The third-order valence-electron chi connectivity index (χ3n) is 3.90. The van der Waals surface area contributed by atoms with Crippen molar-refractivity contribution in [3.05, 3.63) is 47.7 Å². The van der Waals surface area contributed by atoms with E-state index >= 15 is 0 Å². The molecule has 2 aromatic rings. The van der Waals surface area contributed by atoms with Crippen LogP contribution in [0.3, 0.4) is 0 Å². The number of benzene rings is 1. The first-order chi connectivity index (χ1) is 10.6. The number of phenols is 1. The van der Waals surface area contributed by atoms with E-state index in [-0.39, 0.29) is 11.7 Å². The van der Waals surface area contributed by atoms with Crippen LogP contribution in [-0.2, 0) is 0 Å². The van der Waals surface area contributed by atoms with E-state index < -0.39 is 0 Å². The number of rotatable bonds is 3. The van der Waals surface area contributed by atoms with Gasteiger partial charge in [0.25, 0.3) is 5.91 Å². The van der Waals surface area contributed by atoms with Crippen LogP contribution in [-0.4, -0.2) is 29.1 Å². The molecule has 22 heavy (non-hydrogen) atoms. The monoisotopic (exact) mass is 297 g/mol. The van der Waals surface area contributed by atoms with Crippen molar-refractivity contribution < 1.29 is 9.90 Å². The van der Waals surface area contributed by atoms with Crippen LogP contribution in [0.25, 0.3) is 0 Å². The summed E-state index contributed by atoms with van der Waals surface area (Å²) in [4.78, 5) is 19.1. The van der Waals surface area contributed by atoms with E-state index in [4.69, 9.17) is 0 Å². The third kappa shape index (κ3) is 2.88. The SMILES string of the molecule is Cc1cc(O)ccc1NC(=O)c1cccnc1N1CCCC1. The zero-order valence-electron chi connectivity index (χ0n) is 12.5. The fourth-order valence-corrected chi connectivity index (χ4v) is 2.73. The van der Waals surface area contributed by atoms with Crippen LogP contribution in [0.5, 0.6) is 5.75 Å². The molecule has 1 aromatic heterocycles. The van der Waals surface area contributed by atoms with Crippen molar-refractivity contribution in [2.75, 3.05) is 23.3 Å². The highest BCUT2D eigenvalue weighted by atomic mass is 16.3. The Morgan fingerprint density at radius 3 is 2.77 bits per heavy atom. The summed E-state index contributed by atoms with van der Waals surface area (Å²) in [5, 5.41) is 12.3. The van der Waals surface area contributed by atoms with E-state index in [9.17, 15) is 9.90 Å². The zero-order chi connectivity index (χ0) is 15.5. The van der Waals surface area contributed by atoms with Crippen LogP contribution >= 0.6 is 0 Å². The summed E-state index contributed by atoms with van der Waals surface area (Å²) in [6.45, 7) is 3.73. The second kappa shape index (κ2) is 6.05. The lowest BCUT2D eigenvalue weighted by Crippen LogP contribution is -2.24. The number of anilines is 2. The van der Waals surface area contributed by atoms with Gasteiger partial charge in [0.2, 0.25) is 0 Å². The molecule has 0 spiro atoms.